The van der Waals surface area contributed by atoms with E-state index >= 15 is 0 Å². The zero-order chi connectivity index (χ0) is 9.42. The molecular formula is C8H10N4O. The first-order valence-electron chi connectivity index (χ1n) is 4.00. The fourth-order valence-corrected chi connectivity index (χ4v) is 1.43. The zero-order valence-electron chi connectivity index (χ0n) is 7.32. The second-order valence-corrected chi connectivity index (χ2v) is 3.20. The minimum Gasteiger partial charge on any atom is -0.363 e. The maximum atomic E-state index is 10.8. The van der Waals surface area contributed by atoms with Gasteiger partial charge >= 0.3 is 0 Å². The van der Waals surface area contributed by atoms with Crippen molar-refractivity contribution in [1.82, 2.24) is 14.9 Å². The van der Waals surface area contributed by atoms with Gasteiger partial charge in [-0.2, -0.15) is 0 Å². The van der Waals surface area contributed by atoms with Gasteiger partial charge in [0, 0.05) is 24.8 Å². The van der Waals surface area contributed by atoms with Crippen LogP contribution in [-0.4, -0.2) is 27.8 Å². The molecule has 0 radical (unpaired) electrons. The second kappa shape index (κ2) is 2.77. The normalized spacial score (nSPS) is 15.8. The first kappa shape index (κ1) is 8.12. The van der Waals surface area contributed by atoms with Crippen molar-refractivity contribution in [3.8, 4) is 0 Å². The number of nitrogens with zero attached hydrogens (tertiary/aromatic N) is 3. The molecule has 1 aliphatic heterocycles. The minimum absolute atomic E-state index is 0.106. The number of amides is 1. The third-order valence-corrected chi connectivity index (χ3v) is 2.03. The number of hydrogen-bond donors (Lipinski definition) is 1. The molecule has 1 amide bonds. The van der Waals surface area contributed by atoms with Crippen molar-refractivity contribution >= 4 is 5.91 Å². The van der Waals surface area contributed by atoms with Crippen molar-refractivity contribution < 1.29 is 4.79 Å². The summed E-state index contributed by atoms with van der Waals surface area (Å²) >= 11 is 0. The number of carbonyl (C=O) groups is 1. The Hall–Kier alpha value is -1.49. The largest absolute Gasteiger partial charge is 0.363 e. The number of fused-ring (bicyclic) bond motifs is 1. The lowest BCUT2D eigenvalue weighted by molar-refractivity contribution is 0.0990. The van der Waals surface area contributed by atoms with E-state index in [2.05, 4.69) is 14.9 Å². The molecule has 68 valence electrons. The number of primary amides is 1. The Morgan fingerprint density at radius 3 is 3.08 bits per heavy atom. The molecule has 2 rings (SSSR count). The van der Waals surface area contributed by atoms with Gasteiger partial charge in [0.15, 0.2) is 0 Å². The molecule has 0 saturated carbocycles. The van der Waals surface area contributed by atoms with E-state index in [1.165, 1.54) is 0 Å². The quantitative estimate of drug-likeness (QED) is 0.630. The summed E-state index contributed by atoms with van der Waals surface area (Å²) < 4.78 is 0. The minimum atomic E-state index is -0.572. The van der Waals surface area contributed by atoms with Crippen molar-refractivity contribution in [3.05, 3.63) is 23.3 Å². The van der Waals surface area contributed by atoms with Crippen LogP contribution in [0.15, 0.2) is 6.20 Å². The van der Waals surface area contributed by atoms with Gasteiger partial charge in [0.25, 0.3) is 5.91 Å². The molecule has 0 unspecified atom stereocenters. The first-order valence-corrected chi connectivity index (χ1v) is 4.00. The van der Waals surface area contributed by atoms with Gasteiger partial charge < -0.3 is 5.73 Å². The molecule has 2 heterocycles. The van der Waals surface area contributed by atoms with Gasteiger partial charge in [-0.15, -0.1) is 0 Å². The van der Waals surface area contributed by atoms with Crippen LogP contribution in [0.25, 0.3) is 0 Å². The van der Waals surface area contributed by atoms with Gasteiger partial charge in [0.2, 0.25) is 5.82 Å². The van der Waals surface area contributed by atoms with Crippen LogP contribution in [-0.2, 0) is 13.1 Å². The van der Waals surface area contributed by atoms with Gasteiger partial charge in [0.05, 0.1) is 5.69 Å². The summed E-state index contributed by atoms with van der Waals surface area (Å²) in [6, 6.07) is 0. The third-order valence-electron chi connectivity index (χ3n) is 2.03. The fourth-order valence-electron chi connectivity index (χ4n) is 1.43. The average Bonchev–Trinajstić information content (AvgIpc) is 2.42. The Morgan fingerprint density at radius 1 is 1.62 bits per heavy atom. The molecule has 1 aromatic heterocycles. The Morgan fingerprint density at radius 2 is 2.38 bits per heavy atom. The van der Waals surface area contributed by atoms with Gasteiger partial charge in [-0.25, -0.2) is 9.97 Å². The van der Waals surface area contributed by atoms with Gasteiger partial charge in [-0.1, -0.05) is 0 Å². The summed E-state index contributed by atoms with van der Waals surface area (Å²) in [7, 11) is 1.99. The van der Waals surface area contributed by atoms with E-state index < -0.39 is 5.91 Å². The van der Waals surface area contributed by atoms with Crippen LogP contribution in [0, 0.1) is 0 Å². The van der Waals surface area contributed by atoms with E-state index in [1.807, 2.05) is 7.05 Å². The summed E-state index contributed by atoms with van der Waals surface area (Å²) in [4.78, 5) is 20.8. The third kappa shape index (κ3) is 1.38. The lowest BCUT2D eigenvalue weighted by Crippen LogP contribution is -2.16. The molecule has 0 spiro atoms. The van der Waals surface area contributed by atoms with Crippen LogP contribution in [0.4, 0.5) is 0 Å². The molecule has 5 heteroatoms. The van der Waals surface area contributed by atoms with Crippen LogP contribution < -0.4 is 5.73 Å². The molecule has 0 atom stereocenters. The Kier molecular flexibility index (Phi) is 1.73. The van der Waals surface area contributed by atoms with Crippen molar-refractivity contribution in [3.63, 3.8) is 0 Å². The monoisotopic (exact) mass is 178 g/mol. The smallest absolute Gasteiger partial charge is 0.286 e. The fraction of sp³-hybridized carbons (Fsp3) is 0.375. The SMILES string of the molecule is CN1Cc2cnc(C(N)=O)nc2C1. The highest BCUT2D eigenvalue weighted by Gasteiger charge is 2.18. The molecule has 0 bridgehead atoms. The number of hydrogen-bond acceptors (Lipinski definition) is 4. The van der Waals surface area contributed by atoms with Crippen LogP contribution >= 0.6 is 0 Å². The predicted octanol–water partition coefficient (Wildman–Crippen LogP) is -0.479. The van der Waals surface area contributed by atoms with Gasteiger partial charge in [-0.3, -0.25) is 9.69 Å². The summed E-state index contributed by atoms with van der Waals surface area (Å²) in [5.74, 6) is -0.466. The number of nitrogens with two attached hydrogens (primary N) is 1. The van der Waals surface area contributed by atoms with Crippen LogP contribution in [0.2, 0.25) is 0 Å². The van der Waals surface area contributed by atoms with Crippen molar-refractivity contribution in [2.75, 3.05) is 7.05 Å². The van der Waals surface area contributed by atoms with Crippen molar-refractivity contribution in [1.29, 1.82) is 0 Å². The summed E-state index contributed by atoms with van der Waals surface area (Å²) in [6.45, 7) is 1.60. The van der Waals surface area contributed by atoms with E-state index in [0.717, 1.165) is 24.3 Å². The average molecular weight is 178 g/mol. The summed E-state index contributed by atoms with van der Waals surface area (Å²) in [5.41, 5.74) is 7.05. The predicted molar refractivity (Wildman–Crippen MR) is 45.7 cm³/mol. The zero-order valence-corrected chi connectivity index (χ0v) is 7.32. The molecule has 1 aromatic rings. The lowest BCUT2D eigenvalue weighted by Gasteiger charge is -2.01. The van der Waals surface area contributed by atoms with E-state index in [0.29, 0.717) is 0 Å². The number of aromatic nitrogens is 2. The molecular weight excluding hydrogens is 168 g/mol. The molecule has 5 nitrogen and oxygen atoms in total. The van der Waals surface area contributed by atoms with Crippen molar-refractivity contribution in [2.45, 2.75) is 13.1 Å². The van der Waals surface area contributed by atoms with E-state index in [9.17, 15) is 4.79 Å². The maximum Gasteiger partial charge on any atom is 0.286 e. The van der Waals surface area contributed by atoms with E-state index in [1.54, 1.807) is 6.20 Å². The molecule has 13 heavy (non-hydrogen) atoms. The Bertz CT molecular complexity index is 363. The molecule has 0 fully saturated rings. The lowest BCUT2D eigenvalue weighted by atomic mass is 10.3. The van der Waals surface area contributed by atoms with E-state index in [-0.39, 0.29) is 5.82 Å². The van der Waals surface area contributed by atoms with Crippen LogP contribution in [0.5, 0.6) is 0 Å². The highest BCUT2D eigenvalue weighted by molar-refractivity contribution is 5.88. The Labute approximate surface area is 75.6 Å². The van der Waals surface area contributed by atoms with Crippen LogP contribution in [0.1, 0.15) is 21.9 Å². The summed E-state index contributed by atoms with van der Waals surface area (Å²) in [6.07, 6.45) is 1.67. The molecule has 2 N–H and O–H groups in total. The molecule has 1 aliphatic rings. The highest BCUT2D eigenvalue weighted by atomic mass is 16.1. The summed E-state index contributed by atoms with van der Waals surface area (Å²) in [5, 5.41) is 0. The standard InChI is InChI=1S/C8H10N4O/c1-12-3-5-2-10-8(7(9)13)11-6(5)4-12/h2H,3-4H2,1H3,(H2,9,13). The van der Waals surface area contributed by atoms with Crippen molar-refractivity contribution in [2.24, 2.45) is 5.73 Å². The highest BCUT2D eigenvalue weighted by Crippen LogP contribution is 2.17. The number of rotatable bonds is 1. The van der Waals surface area contributed by atoms with E-state index in [4.69, 9.17) is 5.73 Å². The molecule has 0 aromatic carbocycles. The van der Waals surface area contributed by atoms with Gasteiger partial charge in [-0.05, 0) is 7.05 Å². The number of carbonyl (C=O) groups excluding carboxylic acids is 1. The Balaban J connectivity index is 2.40. The topological polar surface area (TPSA) is 72.1 Å². The molecule has 0 saturated heterocycles. The maximum absolute atomic E-state index is 10.8. The second-order valence-electron chi connectivity index (χ2n) is 3.20. The molecule has 0 aliphatic carbocycles. The van der Waals surface area contributed by atoms with Gasteiger partial charge in [0.1, 0.15) is 0 Å². The van der Waals surface area contributed by atoms with Crippen LogP contribution in [0.3, 0.4) is 0 Å². The first-order chi connectivity index (χ1) is 6.16.